The summed E-state index contributed by atoms with van der Waals surface area (Å²) in [4.78, 5) is 22.7. The van der Waals surface area contributed by atoms with Crippen LogP contribution in [0.2, 0.25) is 0 Å². The van der Waals surface area contributed by atoms with Crippen molar-refractivity contribution >= 4 is 11.9 Å². The monoisotopic (exact) mass is 324 g/mol. The summed E-state index contributed by atoms with van der Waals surface area (Å²) < 4.78 is 0. The van der Waals surface area contributed by atoms with E-state index in [0.717, 1.165) is 44.5 Å². The molecule has 0 bridgehead atoms. The molecule has 0 saturated carbocycles. The molecule has 4 heterocycles. The molecule has 0 aliphatic carbocycles. The molecule has 0 N–H and O–H groups in total. The van der Waals surface area contributed by atoms with Crippen molar-refractivity contribution < 1.29 is 0 Å². The predicted molar refractivity (Wildman–Crippen MR) is 94.2 cm³/mol. The van der Waals surface area contributed by atoms with Crippen LogP contribution in [0.5, 0.6) is 0 Å². The molecule has 4 rings (SSSR count). The molecular weight excluding hydrogens is 300 g/mol. The van der Waals surface area contributed by atoms with Gasteiger partial charge in [-0.15, -0.1) is 0 Å². The molecule has 0 radical (unpaired) electrons. The number of anilines is 2. The van der Waals surface area contributed by atoms with E-state index >= 15 is 0 Å². The standard InChI is InChI=1S/C18H24N6/c1-2-15-11-21-17(22-12-15)24-10-6-18(14-24)5-3-9-23(13-18)16-19-7-4-8-20-16/h4,7-8,11-12H,2-3,5-6,9-10,13-14H2,1H3/t18-/m1/s1. The minimum atomic E-state index is 0.310. The van der Waals surface area contributed by atoms with Crippen LogP contribution in [0.3, 0.4) is 0 Å². The van der Waals surface area contributed by atoms with E-state index in [4.69, 9.17) is 0 Å². The normalized spacial score (nSPS) is 23.9. The third kappa shape index (κ3) is 2.92. The van der Waals surface area contributed by atoms with Gasteiger partial charge >= 0.3 is 0 Å². The van der Waals surface area contributed by atoms with E-state index in [2.05, 4.69) is 36.7 Å². The third-order valence-corrected chi connectivity index (χ3v) is 5.32. The van der Waals surface area contributed by atoms with Crippen molar-refractivity contribution in [2.45, 2.75) is 32.6 Å². The van der Waals surface area contributed by atoms with Crippen molar-refractivity contribution in [2.75, 3.05) is 36.0 Å². The molecular formula is C18H24N6. The second kappa shape index (κ2) is 6.34. The van der Waals surface area contributed by atoms with Crippen LogP contribution in [-0.4, -0.2) is 46.1 Å². The van der Waals surface area contributed by atoms with E-state index in [-0.39, 0.29) is 0 Å². The van der Waals surface area contributed by atoms with E-state index in [0.29, 0.717) is 5.41 Å². The molecule has 2 aliphatic rings. The van der Waals surface area contributed by atoms with Crippen molar-refractivity contribution in [3.63, 3.8) is 0 Å². The number of rotatable bonds is 3. The Balaban J connectivity index is 1.48. The van der Waals surface area contributed by atoms with E-state index in [9.17, 15) is 0 Å². The number of aryl methyl sites for hydroxylation is 1. The molecule has 24 heavy (non-hydrogen) atoms. The van der Waals surface area contributed by atoms with Gasteiger partial charge in [0.2, 0.25) is 11.9 Å². The van der Waals surface area contributed by atoms with E-state index < -0.39 is 0 Å². The zero-order chi connectivity index (χ0) is 16.4. The lowest BCUT2D eigenvalue weighted by Crippen LogP contribution is -2.45. The first-order valence-electron chi connectivity index (χ1n) is 8.86. The van der Waals surface area contributed by atoms with Crippen LogP contribution in [0.25, 0.3) is 0 Å². The average molecular weight is 324 g/mol. The van der Waals surface area contributed by atoms with Crippen LogP contribution in [0, 0.1) is 5.41 Å². The summed E-state index contributed by atoms with van der Waals surface area (Å²) in [6, 6.07) is 1.87. The third-order valence-electron chi connectivity index (χ3n) is 5.32. The van der Waals surface area contributed by atoms with Gasteiger partial charge in [0.05, 0.1) is 0 Å². The van der Waals surface area contributed by atoms with Gasteiger partial charge in [-0.05, 0) is 37.3 Å². The molecule has 2 saturated heterocycles. The second-order valence-electron chi connectivity index (χ2n) is 6.99. The zero-order valence-electron chi connectivity index (χ0n) is 14.2. The van der Waals surface area contributed by atoms with Crippen LogP contribution in [0.15, 0.2) is 30.9 Å². The fourth-order valence-corrected chi connectivity index (χ4v) is 3.97. The van der Waals surface area contributed by atoms with E-state index in [1.807, 2.05) is 30.9 Å². The predicted octanol–water partition coefficient (Wildman–Crippen LogP) is 2.33. The van der Waals surface area contributed by atoms with Gasteiger partial charge < -0.3 is 9.80 Å². The van der Waals surface area contributed by atoms with Gasteiger partial charge in [0.25, 0.3) is 0 Å². The Labute approximate surface area is 143 Å². The lowest BCUT2D eigenvalue weighted by molar-refractivity contribution is 0.262. The van der Waals surface area contributed by atoms with E-state index in [1.165, 1.54) is 24.8 Å². The van der Waals surface area contributed by atoms with Crippen LogP contribution in [0.4, 0.5) is 11.9 Å². The number of piperidine rings is 1. The zero-order valence-corrected chi connectivity index (χ0v) is 14.2. The van der Waals surface area contributed by atoms with Crippen LogP contribution < -0.4 is 9.80 Å². The van der Waals surface area contributed by atoms with Crippen molar-refractivity contribution in [2.24, 2.45) is 5.41 Å². The summed E-state index contributed by atoms with van der Waals surface area (Å²) in [7, 11) is 0. The average Bonchev–Trinajstić information content (AvgIpc) is 3.06. The van der Waals surface area contributed by atoms with Gasteiger partial charge in [0.15, 0.2) is 0 Å². The number of aromatic nitrogens is 4. The lowest BCUT2D eigenvalue weighted by Gasteiger charge is -2.40. The van der Waals surface area contributed by atoms with Crippen LogP contribution in [-0.2, 0) is 6.42 Å². The molecule has 2 fully saturated rings. The fraction of sp³-hybridized carbons (Fsp3) is 0.556. The summed E-state index contributed by atoms with van der Waals surface area (Å²) in [5.74, 6) is 1.73. The fourth-order valence-electron chi connectivity index (χ4n) is 3.97. The minimum absolute atomic E-state index is 0.310. The molecule has 2 aromatic rings. The summed E-state index contributed by atoms with van der Waals surface area (Å²) in [6.07, 6.45) is 12.2. The SMILES string of the molecule is CCc1cnc(N2CC[C@@]3(CCCN(c4ncccn4)C3)C2)nc1. The van der Waals surface area contributed by atoms with Gasteiger partial charge in [-0.1, -0.05) is 6.92 Å². The van der Waals surface area contributed by atoms with Gasteiger partial charge in [-0.2, -0.15) is 0 Å². The highest BCUT2D eigenvalue weighted by molar-refractivity contribution is 5.36. The van der Waals surface area contributed by atoms with Gasteiger partial charge in [0.1, 0.15) is 0 Å². The Bertz CT molecular complexity index is 674. The molecule has 6 heteroatoms. The maximum atomic E-state index is 4.56. The molecule has 0 aromatic carbocycles. The molecule has 2 aliphatic heterocycles. The highest BCUT2D eigenvalue weighted by Crippen LogP contribution is 2.40. The topological polar surface area (TPSA) is 58.0 Å². The molecule has 2 aromatic heterocycles. The summed E-state index contributed by atoms with van der Waals surface area (Å²) in [5.41, 5.74) is 1.50. The van der Waals surface area contributed by atoms with Crippen LogP contribution in [0.1, 0.15) is 31.7 Å². The van der Waals surface area contributed by atoms with Gasteiger partial charge in [-0.25, -0.2) is 19.9 Å². The molecule has 1 spiro atoms. The highest BCUT2D eigenvalue weighted by atomic mass is 15.3. The van der Waals surface area contributed by atoms with Crippen molar-refractivity contribution in [3.05, 3.63) is 36.4 Å². The first-order valence-corrected chi connectivity index (χ1v) is 8.86. The largest absolute Gasteiger partial charge is 0.340 e. The lowest BCUT2D eigenvalue weighted by atomic mass is 9.79. The minimum Gasteiger partial charge on any atom is -0.340 e. The Hall–Kier alpha value is -2.24. The summed E-state index contributed by atoms with van der Waals surface area (Å²) in [6.45, 7) is 6.27. The summed E-state index contributed by atoms with van der Waals surface area (Å²) in [5, 5.41) is 0. The molecule has 126 valence electrons. The first kappa shape index (κ1) is 15.3. The molecule has 1 atom stereocenters. The molecule has 6 nitrogen and oxygen atoms in total. The van der Waals surface area contributed by atoms with Crippen molar-refractivity contribution in [1.29, 1.82) is 0 Å². The second-order valence-corrected chi connectivity index (χ2v) is 6.99. The van der Waals surface area contributed by atoms with Crippen LogP contribution >= 0.6 is 0 Å². The number of nitrogens with zero attached hydrogens (tertiary/aromatic N) is 6. The van der Waals surface area contributed by atoms with Gasteiger partial charge in [-0.3, -0.25) is 0 Å². The maximum absolute atomic E-state index is 4.56. The van der Waals surface area contributed by atoms with Gasteiger partial charge in [0, 0.05) is 56.4 Å². The van der Waals surface area contributed by atoms with Crippen molar-refractivity contribution in [3.8, 4) is 0 Å². The Morgan fingerprint density at radius 1 is 0.917 bits per heavy atom. The van der Waals surface area contributed by atoms with E-state index in [1.54, 1.807) is 0 Å². The summed E-state index contributed by atoms with van der Waals surface area (Å²) >= 11 is 0. The maximum Gasteiger partial charge on any atom is 0.225 e. The molecule has 0 unspecified atom stereocenters. The smallest absolute Gasteiger partial charge is 0.225 e. The number of hydrogen-bond donors (Lipinski definition) is 0. The Morgan fingerprint density at radius 3 is 2.29 bits per heavy atom. The Morgan fingerprint density at radius 2 is 1.58 bits per heavy atom. The van der Waals surface area contributed by atoms with Crippen molar-refractivity contribution in [1.82, 2.24) is 19.9 Å². The molecule has 0 amide bonds. The highest BCUT2D eigenvalue weighted by Gasteiger charge is 2.42. The quantitative estimate of drug-likeness (QED) is 0.864. The Kier molecular flexibility index (Phi) is 4.04. The number of hydrogen-bond acceptors (Lipinski definition) is 6. The first-order chi connectivity index (χ1) is 11.8.